The van der Waals surface area contributed by atoms with Crippen molar-refractivity contribution in [3.63, 3.8) is 0 Å². The van der Waals surface area contributed by atoms with Gasteiger partial charge in [-0.2, -0.15) is 5.10 Å². The molecule has 148 valence electrons. The summed E-state index contributed by atoms with van der Waals surface area (Å²) in [5, 5.41) is 12.3. The van der Waals surface area contributed by atoms with Gasteiger partial charge < -0.3 is 5.32 Å². The maximum Gasteiger partial charge on any atom is 0.165 e. The van der Waals surface area contributed by atoms with Gasteiger partial charge in [0.05, 0.1) is 23.6 Å². The van der Waals surface area contributed by atoms with E-state index in [4.69, 9.17) is 15.1 Å². The van der Waals surface area contributed by atoms with Crippen LogP contribution in [-0.2, 0) is 6.54 Å². The lowest BCUT2D eigenvalue weighted by molar-refractivity contribution is 0.877. The maximum atomic E-state index is 4.87. The lowest BCUT2D eigenvalue weighted by atomic mass is 10.1. The summed E-state index contributed by atoms with van der Waals surface area (Å²) >= 11 is 1.62. The average Bonchev–Trinajstić information content (AvgIpc) is 3.38. The summed E-state index contributed by atoms with van der Waals surface area (Å²) in [6, 6.07) is 16.1. The third kappa shape index (κ3) is 3.44. The fourth-order valence-corrected chi connectivity index (χ4v) is 4.35. The van der Waals surface area contributed by atoms with E-state index >= 15 is 0 Å². The molecule has 1 aromatic carbocycles. The van der Waals surface area contributed by atoms with E-state index in [0.717, 1.165) is 50.1 Å². The third-order valence-electron chi connectivity index (χ3n) is 4.92. The predicted molar refractivity (Wildman–Crippen MR) is 121 cm³/mol. The Morgan fingerprint density at radius 1 is 1.03 bits per heavy atom. The van der Waals surface area contributed by atoms with Gasteiger partial charge in [0, 0.05) is 28.7 Å². The summed E-state index contributed by atoms with van der Waals surface area (Å²) in [4.78, 5) is 13.8. The van der Waals surface area contributed by atoms with E-state index in [1.165, 1.54) is 0 Å². The van der Waals surface area contributed by atoms with Gasteiger partial charge >= 0.3 is 0 Å². The fraction of sp³-hybridized carbons (Fsp3) is 0.130. The molecule has 0 radical (unpaired) electrons. The summed E-state index contributed by atoms with van der Waals surface area (Å²) in [7, 11) is 0. The largest absolute Gasteiger partial charge is 0.364 e. The highest BCUT2D eigenvalue weighted by Crippen LogP contribution is 2.27. The second-order valence-electron chi connectivity index (χ2n) is 7.10. The molecule has 0 aliphatic carbocycles. The maximum absolute atomic E-state index is 4.87. The smallest absolute Gasteiger partial charge is 0.165 e. The number of nitrogens with zero attached hydrogens (tertiary/aromatic N) is 5. The number of para-hydroxylation sites is 1. The molecule has 5 aromatic rings. The lowest BCUT2D eigenvalue weighted by Gasteiger charge is -2.08. The first-order chi connectivity index (χ1) is 14.7. The summed E-state index contributed by atoms with van der Waals surface area (Å²) in [5.41, 5.74) is 6.00. The topological polar surface area (TPSA) is 68.5 Å². The van der Waals surface area contributed by atoms with Gasteiger partial charge in [0.25, 0.3) is 0 Å². The van der Waals surface area contributed by atoms with Gasteiger partial charge in [-0.25, -0.2) is 14.6 Å². The highest BCUT2D eigenvalue weighted by Gasteiger charge is 2.14. The number of nitrogens with one attached hydrogen (secondary N) is 1. The Kier molecular flexibility index (Phi) is 4.72. The van der Waals surface area contributed by atoms with Crippen LogP contribution >= 0.6 is 11.3 Å². The molecule has 0 saturated carbocycles. The average molecular weight is 413 g/mol. The van der Waals surface area contributed by atoms with Crippen molar-refractivity contribution < 1.29 is 0 Å². The zero-order valence-corrected chi connectivity index (χ0v) is 17.5. The summed E-state index contributed by atoms with van der Waals surface area (Å²) in [5.74, 6) is 0.813. The number of hydrogen-bond donors (Lipinski definition) is 1. The van der Waals surface area contributed by atoms with Crippen LogP contribution in [-0.4, -0.2) is 24.7 Å². The van der Waals surface area contributed by atoms with Gasteiger partial charge in [-0.05, 0) is 49.7 Å². The van der Waals surface area contributed by atoms with Crippen molar-refractivity contribution in [2.75, 3.05) is 5.32 Å². The molecular formula is C23H20N6S. The van der Waals surface area contributed by atoms with E-state index in [1.807, 2.05) is 60.3 Å². The van der Waals surface area contributed by atoms with E-state index < -0.39 is 0 Å². The van der Waals surface area contributed by atoms with Gasteiger partial charge in [-0.3, -0.25) is 4.98 Å². The lowest BCUT2D eigenvalue weighted by Crippen LogP contribution is -2.04. The van der Waals surface area contributed by atoms with E-state index in [-0.39, 0.29) is 0 Å². The van der Waals surface area contributed by atoms with Gasteiger partial charge in [-0.15, -0.1) is 11.3 Å². The molecule has 7 heteroatoms. The fourth-order valence-electron chi connectivity index (χ4n) is 3.53. The van der Waals surface area contributed by atoms with Gasteiger partial charge in [0.1, 0.15) is 10.8 Å². The zero-order valence-electron chi connectivity index (χ0n) is 16.7. The van der Waals surface area contributed by atoms with Crippen molar-refractivity contribution >= 4 is 28.2 Å². The molecule has 0 spiro atoms. The number of aromatic nitrogens is 5. The number of hydrogen-bond acceptors (Lipinski definition) is 6. The van der Waals surface area contributed by atoms with Crippen LogP contribution in [0.15, 0.2) is 66.3 Å². The Bertz CT molecular complexity index is 1310. The number of pyridine rings is 2. The normalized spacial score (nSPS) is 11.1. The minimum Gasteiger partial charge on any atom is -0.364 e. The van der Waals surface area contributed by atoms with Crippen LogP contribution in [0, 0.1) is 13.8 Å². The molecule has 0 unspecified atom stereocenters. The monoisotopic (exact) mass is 412 g/mol. The first-order valence-corrected chi connectivity index (χ1v) is 10.6. The number of thiazole rings is 1. The van der Waals surface area contributed by atoms with Crippen LogP contribution in [0.4, 0.5) is 5.82 Å². The SMILES string of the molecule is Cc1cc(NCc2csc(-c3cccnc3)n2)nc2c1c(C)nn2-c1ccccc1. The van der Waals surface area contributed by atoms with Crippen LogP contribution in [0.2, 0.25) is 0 Å². The Morgan fingerprint density at radius 2 is 1.90 bits per heavy atom. The Morgan fingerprint density at radius 3 is 2.70 bits per heavy atom. The molecule has 0 fully saturated rings. The predicted octanol–water partition coefficient (Wildman–Crippen LogP) is 5.17. The minimum absolute atomic E-state index is 0.604. The zero-order chi connectivity index (χ0) is 20.5. The standard InChI is InChI=1S/C23H20N6S/c1-15-11-20(25-13-18-14-30-23(26-18)17-7-6-10-24-12-17)27-22-21(15)16(2)28-29(22)19-8-4-3-5-9-19/h3-12,14H,13H2,1-2H3,(H,25,27). The third-order valence-corrected chi connectivity index (χ3v) is 5.86. The van der Waals surface area contributed by atoms with Crippen molar-refractivity contribution in [3.05, 3.63) is 83.3 Å². The summed E-state index contributed by atoms with van der Waals surface area (Å²) < 4.78 is 1.91. The van der Waals surface area contributed by atoms with Crippen molar-refractivity contribution in [1.82, 2.24) is 24.7 Å². The first-order valence-electron chi connectivity index (χ1n) is 9.70. The summed E-state index contributed by atoms with van der Waals surface area (Å²) in [6.45, 7) is 4.73. The van der Waals surface area contributed by atoms with E-state index in [1.54, 1.807) is 17.5 Å². The molecule has 0 bridgehead atoms. The quantitative estimate of drug-likeness (QED) is 0.431. The second kappa shape index (κ2) is 7.68. The number of anilines is 1. The van der Waals surface area contributed by atoms with E-state index in [9.17, 15) is 0 Å². The van der Waals surface area contributed by atoms with Crippen molar-refractivity contribution in [2.24, 2.45) is 0 Å². The molecular weight excluding hydrogens is 392 g/mol. The van der Waals surface area contributed by atoms with Crippen molar-refractivity contribution in [2.45, 2.75) is 20.4 Å². The molecule has 6 nitrogen and oxygen atoms in total. The number of benzene rings is 1. The van der Waals surface area contributed by atoms with Crippen LogP contribution in [0.25, 0.3) is 27.3 Å². The molecule has 30 heavy (non-hydrogen) atoms. The molecule has 0 amide bonds. The van der Waals surface area contributed by atoms with E-state index in [2.05, 4.69) is 28.7 Å². The minimum atomic E-state index is 0.604. The highest BCUT2D eigenvalue weighted by atomic mass is 32.1. The number of fused-ring (bicyclic) bond motifs is 1. The molecule has 0 aliphatic heterocycles. The highest BCUT2D eigenvalue weighted by molar-refractivity contribution is 7.13. The Labute approximate surface area is 178 Å². The van der Waals surface area contributed by atoms with Gasteiger partial charge in [0.15, 0.2) is 5.65 Å². The van der Waals surface area contributed by atoms with Gasteiger partial charge in [-0.1, -0.05) is 18.2 Å². The molecule has 4 aromatic heterocycles. The Hall–Kier alpha value is -3.58. The Balaban J connectivity index is 1.44. The molecule has 0 atom stereocenters. The van der Waals surface area contributed by atoms with Crippen molar-refractivity contribution in [1.29, 1.82) is 0 Å². The molecule has 0 aliphatic rings. The van der Waals surface area contributed by atoms with Crippen LogP contribution in [0.3, 0.4) is 0 Å². The first kappa shape index (κ1) is 18.4. The molecule has 1 N–H and O–H groups in total. The van der Waals surface area contributed by atoms with Crippen LogP contribution in [0.1, 0.15) is 17.0 Å². The van der Waals surface area contributed by atoms with Crippen LogP contribution < -0.4 is 5.32 Å². The van der Waals surface area contributed by atoms with Gasteiger partial charge in [0.2, 0.25) is 0 Å². The molecule has 5 rings (SSSR count). The number of rotatable bonds is 5. The second-order valence-corrected chi connectivity index (χ2v) is 7.95. The van der Waals surface area contributed by atoms with E-state index in [0.29, 0.717) is 6.54 Å². The van der Waals surface area contributed by atoms with Crippen LogP contribution in [0.5, 0.6) is 0 Å². The number of aryl methyl sites for hydroxylation is 2. The molecule has 4 heterocycles. The molecule has 0 saturated heterocycles. The van der Waals surface area contributed by atoms with Crippen molar-refractivity contribution in [3.8, 4) is 16.3 Å². The summed E-state index contributed by atoms with van der Waals surface area (Å²) in [6.07, 6.45) is 3.60.